The minimum Gasteiger partial charge on any atom is -0.298 e. The number of nitrogens with zero attached hydrogens (tertiary/aromatic N) is 2. The van der Waals surface area contributed by atoms with Crippen LogP contribution in [0.25, 0.3) is 5.57 Å². The van der Waals surface area contributed by atoms with E-state index in [0.29, 0.717) is 11.1 Å². The number of carbonyl (C=O) groups is 1. The van der Waals surface area contributed by atoms with E-state index in [-0.39, 0.29) is 5.92 Å². The second-order valence-corrected chi connectivity index (χ2v) is 7.07. The summed E-state index contributed by atoms with van der Waals surface area (Å²) in [5, 5.41) is 19.9. The lowest BCUT2D eigenvalue weighted by atomic mass is 9.73. The van der Waals surface area contributed by atoms with Gasteiger partial charge in [0.05, 0.1) is 12.1 Å². The van der Waals surface area contributed by atoms with Gasteiger partial charge in [0.1, 0.15) is 6.29 Å². The molecule has 0 fully saturated rings. The van der Waals surface area contributed by atoms with Gasteiger partial charge in [-0.05, 0) is 41.0 Å². The largest absolute Gasteiger partial charge is 0.298 e. The number of allylic oxidation sites excluding steroid dienone is 8. The zero-order valence-corrected chi connectivity index (χ0v) is 16.0. The van der Waals surface area contributed by atoms with Crippen molar-refractivity contribution in [2.45, 2.75) is 0 Å². The first kappa shape index (κ1) is 18.9. The van der Waals surface area contributed by atoms with Crippen molar-refractivity contribution in [3.05, 3.63) is 113 Å². The molecule has 3 nitrogen and oxygen atoms in total. The van der Waals surface area contributed by atoms with Gasteiger partial charge in [-0.1, -0.05) is 72.6 Å². The summed E-state index contributed by atoms with van der Waals surface area (Å²) in [7, 11) is 0. The topological polar surface area (TPSA) is 64.7 Å². The Kier molecular flexibility index (Phi) is 5.00. The van der Waals surface area contributed by atoms with E-state index < -0.39 is 5.41 Å². The van der Waals surface area contributed by atoms with E-state index in [1.807, 2.05) is 72.9 Å². The molecular formula is C27H16N2O. The van der Waals surface area contributed by atoms with Crippen LogP contribution in [-0.4, -0.2) is 6.29 Å². The van der Waals surface area contributed by atoms with Crippen molar-refractivity contribution in [2.24, 2.45) is 11.3 Å². The summed E-state index contributed by atoms with van der Waals surface area (Å²) in [5.74, 6) is 5.89. The summed E-state index contributed by atoms with van der Waals surface area (Å²) in [6.07, 6.45) is 12.3. The second kappa shape index (κ2) is 7.92. The van der Waals surface area contributed by atoms with Crippen LogP contribution in [-0.2, 0) is 0 Å². The number of fused-ring (bicyclic) bond motifs is 1. The molecule has 1 atom stereocenters. The Balaban J connectivity index is 1.65. The minimum absolute atomic E-state index is 0.286. The van der Waals surface area contributed by atoms with E-state index >= 15 is 0 Å². The molecule has 0 spiro atoms. The van der Waals surface area contributed by atoms with Crippen molar-refractivity contribution in [1.82, 2.24) is 0 Å². The smallest absolute Gasteiger partial charge is 0.179 e. The molecule has 2 aliphatic rings. The molecule has 0 radical (unpaired) electrons. The number of carbonyl (C=O) groups excluding carboxylic acids is 1. The van der Waals surface area contributed by atoms with E-state index in [4.69, 9.17) is 0 Å². The highest BCUT2D eigenvalue weighted by molar-refractivity contribution is 5.83. The molecule has 0 bridgehead atoms. The molecular weight excluding hydrogens is 368 g/mol. The molecule has 140 valence electrons. The van der Waals surface area contributed by atoms with Gasteiger partial charge in [-0.2, -0.15) is 10.5 Å². The summed E-state index contributed by atoms with van der Waals surface area (Å²) < 4.78 is 0. The second-order valence-electron chi connectivity index (χ2n) is 7.07. The molecule has 1 unspecified atom stereocenters. The fourth-order valence-corrected chi connectivity index (χ4v) is 3.72. The first-order valence-corrected chi connectivity index (χ1v) is 9.47. The lowest BCUT2D eigenvalue weighted by Crippen LogP contribution is -2.24. The fraction of sp³-hybridized carbons (Fsp3) is 0.0741. The maximum absolute atomic E-state index is 10.7. The third kappa shape index (κ3) is 3.29. The average Bonchev–Trinajstić information content (AvgIpc) is 2.93. The van der Waals surface area contributed by atoms with Crippen molar-refractivity contribution < 1.29 is 4.79 Å². The fourth-order valence-electron chi connectivity index (χ4n) is 3.72. The van der Waals surface area contributed by atoms with Crippen molar-refractivity contribution in [2.75, 3.05) is 0 Å². The Bertz CT molecular complexity index is 1250. The zero-order valence-electron chi connectivity index (χ0n) is 16.0. The molecule has 0 aliphatic heterocycles. The Morgan fingerprint density at radius 1 is 0.833 bits per heavy atom. The number of hydrogen-bond donors (Lipinski definition) is 0. The standard InChI is InChI=1S/C27H16N2O/c28-18-27(19-29)25-5-3-1-2-4-24(25)16-26(27)23-14-12-21(13-15-23)7-6-20-8-10-22(17-30)11-9-20/h1-5,8-17,25H. The summed E-state index contributed by atoms with van der Waals surface area (Å²) in [6, 6.07) is 19.2. The van der Waals surface area contributed by atoms with E-state index in [1.165, 1.54) is 0 Å². The molecule has 0 saturated carbocycles. The SMILES string of the molecule is N#CC1(C#N)C(c2ccc(C#Cc3ccc(C=O)cc3)cc2)=CC2=CC=CC=CC21. The van der Waals surface area contributed by atoms with Gasteiger partial charge in [0.15, 0.2) is 5.41 Å². The number of benzene rings is 2. The molecule has 0 saturated heterocycles. The predicted molar refractivity (Wildman–Crippen MR) is 116 cm³/mol. The Morgan fingerprint density at radius 2 is 1.47 bits per heavy atom. The van der Waals surface area contributed by atoms with E-state index in [0.717, 1.165) is 28.5 Å². The molecule has 0 amide bonds. The number of hydrogen-bond acceptors (Lipinski definition) is 3. The first-order valence-electron chi connectivity index (χ1n) is 9.47. The minimum atomic E-state index is -1.25. The maximum Gasteiger partial charge on any atom is 0.179 e. The van der Waals surface area contributed by atoms with Crippen molar-refractivity contribution in [3.8, 4) is 24.0 Å². The van der Waals surface area contributed by atoms with Crippen LogP contribution in [0.4, 0.5) is 0 Å². The van der Waals surface area contributed by atoms with Crippen molar-refractivity contribution in [3.63, 3.8) is 0 Å². The zero-order chi connectivity index (χ0) is 21.0. The summed E-state index contributed by atoms with van der Waals surface area (Å²) in [5.41, 5.74) is 3.53. The van der Waals surface area contributed by atoms with Gasteiger partial charge in [0.2, 0.25) is 0 Å². The highest BCUT2D eigenvalue weighted by Crippen LogP contribution is 2.51. The third-order valence-corrected chi connectivity index (χ3v) is 5.32. The highest BCUT2D eigenvalue weighted by Gasteiger charge is 2.48. The highest BCUT2D eigenvalue weighted by atomic mass is 16.1. The monoisotopic (exact) mass is 384 g/mol. The molecule has 0 N–H and O–H groups in total. The van der Waals surface area contributed by atoms with Crippen LogP contribution in [0.15, 0.2) is 90.6 Å². The summed E-state index contributed by atoms with van der Waals surface area (Å²) in [6.45, 7) is 0. The molecule has 3 heteroatoms. The van der Waals surface area contributed by atoms with Crippen LogP contribution in [0.2, 0.25) is 0 Å². The predicted octanol–water partition coefficient (Wildman–Crippen LogP) is 5.00. The van der Waals surface area contributed by atoms with E-state index in [2.05, 4.69) is 24.0 Å². The molecule has 0 aromatic heterocycles. The van der Waals surface area contributed by atoms with Gasteiger partial charge >= 0.3 is 0 Å². The van der Waals surface area contributed by atoms with Crippen LogP contribution in [0.5, 0.6) is 0 Å². The van der Waals surface area contributed by atoms with Crippen LogP contribution >= 0.6 is 0 Å². The average molecular weight is 384 g/mol. The summed E-state index contributed by atoms with van der Waals surface area (Å²) in [4.78, 5) is 10.7. The normalized spacial score (nSPS) is 17.9. The molecule has 4 rings (SSSR count). The Labute approximate surface area is 175 Å². The Morgan fingerprint density at radius 3 is 2.07 bits per heavy atom. The van der Waals surface area contributed by atoms with Gasteiger partial charge in [-0.3, -0.25) is 4.79 Å². The quantitative estimate of drug-likeness (QED) is 0.541. The lowest BCUT2D eigenvalue weighted by Gasteiger charge is -2.23. The maximum atomic E-state index is 10.7. The number of nitriles is 2. The van der Waals surface area contributed by atoms with Gasteiger partial charge in [0, 0.05) is 22.6 Å². The van der Waals surface area contributed by atoms with Crippen LogP contribution < -0.4 is 0 Å². The van der Waals surface area contributed by atoms with Gasteiger partial charge < -0.3 is 0 Å². The first-order chi connectivity index (χ1) is 14.7. The van der Waals surface area contributed by atoms with Gasteiger partial charge in [0.25, 0.3) is 0 Å². The summed E-state index contributed by atoms with van der Waals surface area (Å²) >= 11 is 0. The lowest BCUT2D eigenvalue weighted by molar-refractivity contribution is 0.112. The van der Waals surface area contributed by atoms with Gasteiger partial charge in [-0.25, -0.2) is 0 Å². The van der Waals surface area contributed by atoms with Crippen LogP contribution in [0.3, 0.4) is 0 Å². The van der Waals surface area contributed by atoms with Crippen molar-refractivity contribution >= 4 is 11.9 Å². The van der Waals surface area contributed by atoms with Crippen LogP contribution in [0.1, 0.15) is 27.0 Å². The molecule has 30 heavy (non-hydrogen) atoms. The molecule has 2 aliphatic carbocycles. The van der Waals surface area contributed by atoms with Crippen LogP contribution in [0, 0.1) is 45.8 Å². The molecule has 2 aromatic carbocycles. The third-order valence-electron chi connectivity index (χ3n) is 5.32. The van der Waals surface area contributed by atoms with E-state index in [9.17, 15) is 15.3 Å². The molecule has 2 aromatic rings. The van der Waals surface area contributed by atoms with Crippen molar-refractivity contribution in [1.29, 1.82) is 10.5 Å². The number of aldehydes is 1. The number of rotatable bonds is 2. The van der Waals surface area contributed by atoms with E-state index in [1.54, 1.807) is 12.1 Å². The molecule has 0 heterocycles. The van der Waals surface area contributed by atoms with Gasteiger partial charge in [-0.15, -0.1) is 0 Å². The Hall–Kier alpha value is -4.39.